The molecule has 2 rings (SSSR count). The highest BCUT2D eigenvalue weighted by Gasteiger charge is 2.30. The molecule has 0 spiro atoms. The zero-order valence-electron chi connectivity index (χ0n) is 13.4. The lowest BCUT2D eigenvalue weighted by Gasteiger charge is -2.32. The van der Waals surface area contributed by atoms with Crippen molar-refractivity contribution in [3.05, 3.63) is 21.9 Å². The molecule has 122 valence electrons. The predicted octanol–water partition coefficient (Wildman–Crippen LogP) is 2.67. The maximum absolute atomic E-state index is 12.0. The van der Waals surface area contributed by atoms with Crippen LogP contribution >= 0.6 is 0 Å². The molecule has 0 saturated carbocycles. The Morgan fingerprint density at radius 2 is 2.00 bits per heavy atom. The molecule has 0 aliphatic carbocycles. The zero-order valence-corrected chi connectivity index (χ0v) is 13.4. The number of aryl methyl sites for hydroxylation is 1. The average molecular weight is 310 g/mol. The average Bonchev–Trinajstić information content (AvgIpc) is 2.79. The van der Waals surface area contributed by atoms with E-state index in [-0.39, 0.29) is 18.0 Å². The minimum Gasteiger partial charge on any atom is -0.444 e. The van der Waals surface area contributed by atoms with Gasteiger partial charge in [-0.3, -0.25) is 0 Å². The van der Waals surface area contributed by atoms with Gasteiger partial charge in [-0.1, -0.05) is 0 Å². The first kappa shape index (κ1) is 16.3. The van der Waals surface area contributed by atoms with Crippen LogP contribution < -0.4 is 0 Å². The molecule has 1 amide bonds. The van der Waals surface area contributed by atoms with Gasteiger partial charge in [0.05, 0.1) is 22.9 Å². The Bertz CT molecular complexity index is 568. The standard InChI is InChI=1S/C14H22N4O4/c1-10-9-12(18(20)21)15-17(10)11-5-7-16(8-6-11)13(19)22-14(2,3)4/h9,11H,5-8H2,1-4H3. The smallest absolute Gasteiger partial charge is 0.410 e. The quantitative estimate of drug-likeness (QED) is 0.618. The molecule has 0 aromatic carbocycles. The Kier molecular flexibility index (Phi) is 4.39. The number of nitrogens with zero attached hydrogens (tertiary/aromatic N) is 4. The van der Waals surface area contributed by atoms with Crippen molar-refractivity contribution >= 4 is 11.9 Å². The van der Waals surface area contributed by atoms with Gasteiger partial charge in [-0.15, -0.1) is 0 Å². The molecule has 0 unspecified atom stereocenters. The SMILES string of the molecule is Cc1cc([N+](=O)[O-])nn1C1CCN(C(=O)OC(C)(C)C)CC1. The minimum absolute atomic E-state index is 0.0763. The molecular formula is C14H22N4O4. The Morgan fingerprint density at radius 1 is 1.41 bits per heavy atom. The van der Waals surface area contributed by atoms with Crippen LogP contribution in [0.2, 0.25) is 0 Å². The van der Waals surface area contributed by atoms with Crippen LogP contribution in [0.4, 0.5) is 10.6 Å². The number of amides is 1. The van der Waals surface area contributed by atoms with Gasteiger partial charge >= 0.3 is 11.9 Å². The van der Waals surface area contributed by atoms with E-state index in [1.165, 1.54) is 6.07 Å². The highest BCUT2D eigenvalue weighted by molar-refractivity contribution is 5.68. The lowest BCUT2D eigenvalue weighted by Crippen LogP contribution is -2.42. The van der Waals surface area contributed by atoms with Gasteiger partial charge in [0.15, 0.2) is 0 Å². The topological polar surface area (TPSA) is 90.5 Å². The molecule has 1 aromatic heterocycles. The van der Waals surface area contributed by atoms with Crippen molar-refractivity contribution in [2.75, 3.05) is 13.1 Å². The maximum atomic E-state index is 12.0. The van der Waals surface area contributed by atoms with Crippen molar-refractivity contribution in [3.63, 3.8) is 0 Å². The zero-order chi connectivity index (χ0) is 16.5. The molecule has 22 heavy (non-hydrogen) atoms. The van der Waals surface area contributed by atoms with Crippen molar-refractivity contribution in [1.82, 2.24) is 14.7 Å². The van der Waals surface area contributed by atoms with E-state index in [1.807, 2.05) is 20.8 Å². The van der Waals surface area contributed by atoms with Crippen molar-refractivity contribution in [3.8, 4) is 0 Å². The van der Waals surface area contributed by atoms with Crippen molar-refractivity contribution in [2.45, 2.75) is 52.2 Å². The summed E-state index contributed by atoms with van der Waals surface area (Å²) in [6.45, 7) is 8.44. The predicted molar refractivity (Wildman–Crippen MR) is 79.7 cm³/mol. The highest BCUT2D eigenvalue weighted by Crippen LogP contribution is 2.26. The van der Waals surface area contributed by atoms with Crippen LogP contribution in [0, 0.1) is 17.0 Å². The van der Waals surface area contributed by atoms with Gasteiger partial charge in [-0.25, -0.2) is 4.79 Å². The van der Waals surface area contributed by atoms with Crippen LogP contribution in [-0.2, 0) is 4.74 Å². The fraction of sp³-hybridized carbons (Fsp3) is 0.714. The minimum atomic E-state index is -0.507. The number of likely N-dealkylation sites (tertiary alicyclic amines) is 1. The summed E-state index contributed by atoms with van der Waals surface area (Å²) in [7, 11) is 0. The van der Waals surface area contributed by atoms with Gasteiger partial charge in [0.25, 0.3) is 0 Å². The van der Waals surface area contributed by atoms with Gasteiger partial charge in [0, 0.05) is 13.1 Å². The molecule has 1 aromatic rings. The third-order valence-electron chi connectivity index (χ3n) is 3.56. The monoisotopic (exact) mass is 310 g/mol. The Labute approximate surface area is 129 Å². The van der Waals surface area contributed by atoms with E-state index in [9.17, 15) is 14.9 Å². The number of rotatable bonds is 2. The fourth-order valence-electron chi connectivity index (χ4n) is 2.55. The maximum Gasteiger partial charge on any atom is 0.410 e. The highest BCUT2D eigenvalue weighted by atomic mass is 16.6. The van der Waals surface area contributed by atoms with E-state index >= 15 is 0 Å². The molecule has 8 nitrogen and oxygen atoms in total. The van der Waals surface area contributed by atoms with Gasteiger partial charge in [-0.05, 0) is 45.5 Å². The molecule has 1 fully saturated rings. The van der Waals surface area contributed by atoms with Crippen LogP contribution in [0.3, 0.4) is 0 Å². The first-order chi connectivity index (χ1) is 10.2. The third-order valence-corrected chi connectivity index (χ3v) is 3.56. The molecule has 0 radical (unpaired) electrons. The molecule has 0 N–H and O–H groups in total. The van der Waals surface area contributed by atoms with Gasteiger partial charge in [0.2, 0.25) is 0 Å². The second-order valence-corrected chi connectivity index (χ2v) is 6.54. The van der Waals surface area contributed by atoms with Crippen LogP contribution in [-0.4, -0.2) is 44.4 Å². The number of aromatic nitrogens is 2. The van der Waals surface area contributed by atoms with E-state index in [0.717, 1.165) is 5.69 Å². The first-order valence-corrected chi connectivity index (χ1v) is 7.36. The van der Waals surface area contributed by atoms with E-state index < -0.39 is 10.5 Å². The molecule has 8 heteroatoms. The van der Waals surface area contributed by atoms with Crippen LogP contribution in [0.25, 0.3) is 0 Å². The second-order valence-electron chi connectivity index (χ2n) is 6.54. The largest absolute Gasteiger partial charge is 0.444 e. The molecule has 0 atom stereocenters. The van der Waals surface area contributed by atoms with Gasteiger partial charge < -0.3 is 19.8 Å². The number of nitro groups is 1. The number of carbonyl (C=O) groups is 1. The number of hydrogen-bond acceptors (Lipinski definition) is 5. The summed E-state index contributed by atoms with van der Waals surface area (Å²) in [5.74, 6) is -0.132. The molecule has 1 aliphatic rings. The number of piperidine rings is 1. The second kappa shape index (κ2) is 5.94. The van der Waals surface area contributed by atoms with E-state index in [2.05, 4.69) is 5.10 Å². The lowest BCUT2D eigenvalue weighted by atomic mass is 10.1. The van der Waals surface area contributed by atoms with Crippen molar-refractivity contribution in [1.29, 1.82) is 0 Å². The molecule has 2 heterocycles. The summed E-state index contributed by atoms with van der Waals surface area (Å²) >= 11 is 0. The summed E-state index contributed by atoms with van der Waals surface area (Å²) in [5, 5.41) is 14.8. The summed E-state index contributed by atoms with van der Waals surface area (Å²) in [4.78, 5) is 24.0. The Morgan fingerprint density at radius 3 is 2.45 bits per heavy atom. The first-order valence-electron chi connectivity index (χ1n) is 7.36. The molecule has 1 aliphatic heterocycles. The Hall–Kier alpha value is -2.12. The molecular weight excluding hydrogens is 288 g/mol. The van der Waals surface area contributed by atoms with Crippen LogP contribution in [0.15, 0.2) is 6.07 Å². The van der Waals surface area contributed by atoms with Crippen molar-refractivity contribution < 1.29 is 14.5 Å². The Balaban J connectivity index is 1.97. The summed E-state index contributed by atoms with van der Waals surface area (Å²) < 4.78 is 7.05. The summed E-state index contributed by atoms with van der Waals surface area (Å²) in [5.41, 5.74) is 0.259. The number of hydrogen-bond donors (Lipinski definition) is 0. The number of carbonyl (C=O) groups excluding carboxylic acids is 1. The number of ether oxygens (including phenoxy) is 1. The van der Waals surface area contributed by atoms with Crippen molar-refractivity contribution in [2.24, 2.45) is 0 Å². The normalized spacial score (nSPS) is 16.6. The van der Waals surface area contributed by atoms with E-state index in [1.54, 1.807) is 16.5 Å². The van der Waals surface area contributed by atoms with Crippen LogP contribution in [0.5, 0.6) is 0 Å². The van der Waals surface area contributed by atoms with Gasteiger partial charge in [-0.2, -0.15) is 4.68 Å². The fourth-order valence-corrected chi connectivity index (χ4v) is 2.55. The van der Waals surface area contributed by atoms with E-state index in [0.29, 0.717) is 25.9 Å². The summed E-state index contributed by atoms with van der Waals surface area (Å²) in [6.07, 6.45) is 1.10. The molecule has 1 saturated heterocycles. The third kappa shape index (κ3) is 3.75. The summed E-state index contributed by atoms with van der Waals surface area (Å²) in [6, 6.07) is 1.55. The van der Waals surface area contributed by atoms with E-state index in [4.69, 9.17) is 4.74 Å². The van der Waals surface area contributed by atoms with Crippen LogP contribution in [0.1, 0.15) is 45.3 Å². The van der Waals surface area contributed by atoms with Gasteiger partial charge in [0.1, 0.15) is 5.60 Å². The molecule has 0 bridgehead atoms. The lowest BCUT2D eigenvalue weighted by molar-refractivity contribution is -0.389.